The van der Waals surface area contributed by atoms with Crippen LogP contribution >= 0.6 is 15.9 Å². The van der Waals surface area contributed by atoms with Crippen LogP contribution in [0.2, 0.25) is 0 Å². The summed E-state index contributed by atoms with van der Waals surface area (Å²) in [6.07, 6.45) is 1.99. The van der Waals surface area contributed by atoms with Crippen LogP contribution in [0.4, 0.5) is 5.69 Å². The zero-order chi connectivity index (χ0) is 26.0. The minimum absolute atomic E-state index is 0.0826. The number of nitrogens with one attached hydrogen (secondary N) is 2. The first-order valence-electron chi connectivity index (χ1n) is 12.9. The van der Waals surface area contributed by atoms with E-state index in [1.165, 1.54) is 0 Å². The number of halogens is 1. The number of carbonyl (C=O) groups excluding carboxylic acids is 3. The maximum atomic E-state index is 13.9. The summed E-state index contributed by atoms with van der Waals surface area (Å²) in [5.41, 5.74) is 0.532. The molecule has 2 aromatic carbocycles. The normalized spacial score (nSPS) is 29.8. The molecule has 2 aromatic rings. The second kappa shape index (κ2) is 10.9. The molecule has 3 fully saturated rings. The molecule has 37 heavy (non-hydrogen) atoms. The lowest BCUT2D eigenvalue weighted by Crippen LogP contribution is -2.55. The number of amides is 3. The van der Waals surface area contributed by atoms with Gasteiger partial charge in [-0.05, 0) is 43.4 Å². The average Bonchev–Trinajstić information content (AvgIpc) is 3.50. The molecule has 3 heterocycles. The number of unbranched alkanes of at least 4 members (excludes halogenated alkanes) is 2. The molecule has 0 saturated carbocycles. The molecule has 2 bridgehead atoms. The summed E-state index contributed by atoms with van der Waals surface area (Å²) < 4.78 is 6.51. The highest BCUT2D eigenvalue weighted by molar-refractivity contribution is 9.09. The van der Waals surface area contributed by atoms with Crippen molar-refractivity contribution in [2.45, 2.75) is 54.8 Å². The zero-order valence-corrected chi connectivity index (χ0v) is 22.1. The van der Waals surface area contributed by atoms with Gasteiger partial charge in [0.25, 0.3) is 0 Å². The molecule has 3 aliphatic rings. The van der Waals surface area contributed by atoms with Crippen LogP contribution in [-0.2, 0) is 25.7 Å². The molecule has 3 saturated heterocycles. The summed E-state index contributed by atoms with van der Waals surface area (Å²) in [5.74, 6) is -2.20. The number of para-hydroxylation sites is 1. The van der Waals surface area contributed by atoms with Crippen molar-refractivity contribution in [2.24, 2.45) is 11.8 Å². The third-order valence-corrected chi connectivity index (χ3v) is 8.59. The van der Waals surface area contributed by atoms with E-state index in [1.807, 2.05) is 48.5 Å². The van der Waals surface area contributed by atoms with Crippen LogP contribution in [0.5, 0.6) is 0 Å². The van der Waals surface area contributed by atoms with E-state index in [0.717, 1.165) is 12.0 Å². The molecule has 8 nitrogen and oxygen atoms in total. The van der Waals surface area contributed by atoms with Crippen LogP contribution in [-0.4, -0.2) is 63.5 Å². The summed E-state index contributed by atoms with van der Waals surface area (Å²) in [5, 5.41) is 15.1. The smallest absolute Gasteiger partial charge is 0.246 e. The van der Waals surface area contributed by atoms with E-state index in [4.69, 9.17) is 4.74 Å². The Balaban J connectivity index is 1.42. The van der Waals surface area contributed by atoms with E-state index < -0.39 is 29.6 Å². The lowest BCUT2D eigenvalue weighted by molar-refractivity contribution is -0.141. The number of carbonyl (C=O) groups is 3. The number of anilines is 1. The minimum Gasteiger partial charge on any atom is -0.396 e. The average molecular weight is 570 g/mol. The fraction of sp³-hybridized carbons (Fsp3) is 0.464. The largest absolute Gasteiger partial charge is 0.396 e. The molecule has 196 valence electrons. The number of aliphatic hydroxyl groups is 1. The maximum absolute atomic E-state index is 13.9. The lowest BCUT2D eigenvalue weighted by atomic mass is 9.70. The first-order valence-corrected chi connectivity index (χ1v) is 13.8. The Labute approximate surface area is 224 Å². The molecular weight excluding hydrogens is 538 g/mol. The second-order valence-corrected chi connectivity index (χ2v) is 11.2. The van der Waals surface area contributed by atoms with E-state index in [0.29, 0.717) is 38.0 Å². The highest BCUT2D eigenvalue weighted by Crippen LogP contribution is 2.60. The van der Waals surface area contributed by atoms with Gasteiger partial charge >= 0.3 is 0 Å². The zero-order valence-electron chi connectivity index (χ0n) is 20.5. The number of aliphatic hydroxyl groups excluding tert-OH is 1. The number of rotatable bonds is 10. The van der Waals surface area contributed by atoms with E-state index in [1.54, 1.807) is 17.0 Å². The van der Waals surface area contributed by atoms with Gasteiger partial charge in [0.1, 0.15) is 11.6 Å². The molecule has 3 unspecified atom stereocenters. The van der Waals surface area contributed by atoms with Gasteiger partial charge in [-0.3, -0.25) is 14.4 Å². The van der Waals surface area contributed by atoms with Gasteiger partial charge in [0.05, 0.1) is 17.9 Å². The Morgan fingerprint density at radius 2 is 1.73 bits per heavy atom. The molecule has 3 amide bonds. The standard InChI is InChI=1S/C28H32BrN3O5/c29-20-16-28-22(21(23(20)37-28)25(34)31-19-12-6-2-7-13-19)27(36)32(14-8-3-9-15-33)24(28)26(35)30-17-18-10-4-1-5-11-18/h1-2,4-7,10-13,20-24,33H,3,8-9,14-17H2,(H,30,35)(H,31,34)/t20?,21-,22+,23-,24?,28?/m1/s1. The van der Waals surface area contributed by atoms with E-state index >= 15 is 0 Å². The molecule has 3 aliphatic heterocycles. The molecule has 1 spiro atoms. The lowest BCUT2D eigenvalue weighted by Gasteiger charge is -2.34. The number of ether oxygens (including phenoxy) is 1. The fourth-order valence-corrected chi connectivity index (χ4v) is 7.11. The number of benzene rings is 2. The predicted octanol–water partition coefficient (Wildman–Crippen LogP) is 2.85. The van der Waals surface area contributed by atoms with Gasteiger partial charge in [-0.25, -0.2) is 0 Å². The number of hydrogen-bond donors (Lipinski definition) is 3. The third-order valence-electron chi connectivity index (χ3n) is 7.75. The summed E-state index contributed by atoms with van der Waals surface area (Å²) in [7, 11) is 0. The Bertz CT molecular complexity index is 1130. The Morgan fingerprint density at radius 3 is 2.43 bits per heavy atom. The molecule has 6 atom stereocenters. The van der Waals surface area contributed by atoms with Crippen LogP contribution in [0, 0.1) is 11.8 Å². The quantitative estimate of drug-likeness (QED) is 0.301. The number of nitrogens with zero attached hydrogens (tertiary/aromatic N) is 1. The molecule has 5 rings (SSSR count). The number of likely N-dealkylation sites (tertiary alicyclic amines) is 1. The summed E-state index contributed by atoms with van der Waals surface area (Å²) in [6.45, 7) is 0.788. The van der Waals surface area contributed by atoms with Crippen LogP contribution < -0.4 is 10.6 Å². The van der Waals surface area contributed by atoms with Crippen molar-refractivity contribution < 1.29 is 24.2 Å². The Kier molecular flexibility index (Phi) is 7.65. The highest BCUT2D eigenvalue weighted by atomic mass is 79.9. The predicted molar refractivity (Wildman–Crippen MR) is 142 cm³/mol. The Hall–Kier alpha value is -2.75. The van der Waals surface area contributed by atoms with Crippen molar-refractivity contribution in [3.63, 3.8) is 0 Å². The van der Waals surface area contributed by atoms with Gasteiger partial charge in [0, 0.05) is 30.2 Å². The molecule has 0 radical (unpaired) electrons. The van der Waals surface area contributed by atoms with Crippen LogP contribution in [0.15, 0.2) is 60.7 Å². The first-order chi connectivity index (χ1) is 18.0. The van der Waals surface area contributed by atoms with Crippen LogP contribution in [0.1, 0.15) is 31.2 Å². The summed E-state index contributed by atoms with van der Waals surface area (Å²) >= 11 is 3.69. The number of hydrogen-bond acceptors (Lipinski definition) is 5. The molecule has 3 N–H and O–H groups in total. The van der Waals surface area contributed by atoms with Crippen LogP contribution in [0.3, 0.4) is 0 Å². The highest BCUT2D eigenvalue weighted by Gasteiger charge is 2.76. The van der Waals surface area contributed by atoms with E-state index in [9.17, 15) is 19.5 Å². The minimum atomic E-state index is -1.08. The summed E-state index contributed by atoms with van der Waals surface area (Å²) in [4.78, 5) is 42.6. The van der Waals surface area contributed by atoms with Crippen molar-refractivity contribution in [3.05, 3.63) is 66.2 Å². The SMILES string of the molecule is O=C(NCc1ccccc1)C1N(CCCCCO)C(=O)[C@@H]2[C@@H](C(=O)Nc3ccccc3)[C@@H]3OC12CC3Br. The van der Waals surface area contributed by atoms with Crippen molar-refractivity contribution in [2.75, 3.05) is 18.5 Å². The topological polar surface area (TPSA) is 108 Å². The van der Waals surface area contributed by atoms with Crippen LogP contribution in [0.25, 0.3) is 0 Å². The number of alkyl halides is 1. The fourth-order valence-electron chi connectivity index (χ4n) is 6.17. The maximum Gasteiger partial charge on any atom is 0.246 e. The van der Waals surface area contributed by atoms with Gasteiger partial charge in [-0.2, -0.15) is 0 Å². The van der Waals surface area contributed by atoms with Gasteiger partial charge in [0.15, 0.2) is 0 Å². The van der Waals surface area contributed by atoms with E-state index in [-0.39, 0.29) is 29.2 Å². The number of fused-ring (bicyclic) bond motifs is 1. The third kappa shape index (κ3) is 4.80. The second-order valence-electron chi connectivity index (χ2n) is 10.0. The van der Waals surface area contributed by atoms with Crippen molar-refractivity contribution >= 4 is 39.3 Å². The van der Waals surface area contributed by atoms with Gasteiger partial charge in [-0.1, -0.05) is 64.5 Å². The monoisotopic (exact) mass is 569 g/mol. The Morgan fingerprint density at radius 1 is 1.03 bits per heavy atom. The first kappa shape index (κ1) is 25.9. The molecule has 0 aromatic heterocycles. The molecular formula is C28H32BrN3O5. The van der Waals surface area contributed by atoms with E-state index in [2.05, 4.69) is 26.6 Å². The van der Waals surface area contributed by atoms with Crippen molar-refractivity contribution in [1.82, 2.24) is 10.2 Å². The summed E-state index contributed by atoms with van der Waals surface area (Å²) in [6, 6.07) is 17.9. The molecule has 0 aliphatic carbocycles. The van der Waals surface area contributed by atoms with Crippen molar-refractivity contribution in [1.29, 1.82) is 0 Å². The van der Waals surface area contributed by atoms with Gasteiger partial charge in [-0.15, -0.1) is 0 Å². The molecule has 9 heteroatoms. The van der Waals surface area contributed by atoms with Gasteiger partial charge in [0.2, 0.25) is 17.7 Å². The van der Waals surface area contributed by atoms with Crippen molar-refractivity contribution in [3.8, 4) is 0 Å². The van der Waals surface area contributed by atoms with Gasteiger partial charge < -0.3 is 25.4 Å².